The zero-order chi connectivity index (χ0) is 14.3. The van der Waals surface area contributed by atoms with Crippen molar-refractivity contribution in [2.75, 3.05) is 6.54 Å². The molecular formula is C14H27N3OS. The van der Waals surface area contributed by atoms with Crippen LogP contribution in [0.1, 0.15) is 52.8 Å². The molecule has 0 aliphatic heterocycles. The molecule has 1 aromatic heterocycles. The minimum absolute atomic E-state index is 0.408. The molecule has 0 radical (unpaired) electrons. The summed E-state index contributed by atoms with van der Waals surface area (Å²) in [6.45, 7) is 12.0. The Bertz CT molecular complexity index is 352. The van der Waals surface area contributed by atoms with Gasteiger partial charge in [0.05, 0.1) is 5.75 Å². The van der Waals surface area contributed by atoms with Gasteiger partial charge in [-0.3, -0.25) is 0 Å². The minimum Gasteiger partial charge on any atom is -0.339 e. The second kappa shape index (κ2) is 8.59. The fourth-order valence-corrected chi connectivity index (χ4v) is 2.33. The van der Waals surface area contributed by atoms with E-state index in [2.05, 4.69) is 50.1 Å². The molecule has 1 aromatic rings. The Morgan fingerprint density at radius 3 is 2.58 bits per heavy atom. The summed E-state index contributed by atoms with van der Waals surface area (Å²) >= 11 is 1.84. The average molecular weight is 285 g/mol. The van der Waals surface area contributed by atoms with Gasteiger partial charge in [0, 0.05) is 12.5 Å². The van der Waals surface area contributed by atoms with E-state index in [0.717, 1.165) is 36.9 Å². The third kappa shape index (κ3) is 6.43. The lowest BCUT2D eigenvalue weighted by Gasteiger charge is -2.20. The standard InChI is InChI=1S/C14H27N3OS/c1-6-7-15-12(10(2)3)8-14-16-13(17-18-14)9-19-11(4)5/h10-12,15H,6-9H2,1-5H3. The van der Waals surface area contributed by atoms with E-state index in [1.165, 1.54) is 0 Å². The molecule has 1 heterocycles. The van der Waals surface area contributed by atoms with Crippen LogP contribution in [0, 0.1) is 5.92 Å². The molecule has 0 aliphatic carbocycles. The third-order valence-corrected chi connectivity index (χ3v) is 4.00. The minimum atomic E-state index is 0.408. The van der Waals surface area contributed by atoms with Crippen molar-refractivity contribution in [3.63, 3.8) is 0 Å². The smallest absolute Gasteiger partial charge is 0.228 e. The highest BCUT2D eigenvalue weighted by atomic mass is 32.2. The summed E-state index contributed by atoms with van der Waals surface area (Å²) in [5.74, 6) is 2.95. The van der Waals surface area contributed by atoms with Crippen molar-refractivity contribution in [3.05, 3.63) is 11.7 Å². The van der Waals surface area contributed by atoms with Crippen molar-refractivity contribution in [1.29, 1.82) is 0 Å². The molecule has 5 heteroatoms. The third-order valence-electron chi connectivity index (χ3n) is 2.91. The Labute approximate surface area is 121 Å². The molecule has 0 bridgehead atoms. The van der Waals surface area contributed by atoms with Crippen molar-refractivity contribution in [1.82, 2.24) is 15.5 Å². The van der Waals surface area contributed by atoms with Gasteiger partial charge >= 0.3 is 0 Å². The molecule has 0 aromatic carbocycles. The summed E-state index contributed by atoms with van der Waals surface area (Å²) in [4.78, 5) is 4.47. The van der Waals surface area contributed by atoms with Gasteiger partial charge in [0.15, 0.2) is 5.82 Å². The Hall–Kier alpha value is -0.550. The molecule has 1 rings (SSSR count). The zero-order valence-corrected chi connectivity index (χ0v) is 13.6. The molecule has 1 atom stereocenters. The molecule has 4 nitrogen and oxygen atoms in total. The van der Waals surface area contributed by atoms with E-state index in [1.54, 1.807) is 0 Å². The first-order valence-electron chi connectivity index (χ1n) is 7.19. The molecule has 19 heavy (non-hydrogen) atoms. The number of nitrogens with zero attached hydrogens (tertiary/aromatic N) is 2. The van der Waals surface area contributed by atoms with Gasteiger partial charge in [-0.25, -0.2) is 0 Å². The largest absolute Gasteiger partial charge is 0.339 e. The van der Waals surface area contributed by atoms with Crippen molar-refractivity contribution < 1.29 is 4.52 Å². The van der Waals surface area contributed by atoms with Crippen LogP contribution in [0.25, 0.3) is 0 Å². The first-order valence-corrected chi connectivity index (χ1v) is 8.24. The summed E-state index contributed by atoms with van der Waals surface area (Å²) in [7, 11) is 0. The van der Waals surface area contributed by atoms with E-state index < -0.39 is 0 Å². The van der Waals surface area contributed by atoms with Gasteiger partial charge in [0.1, 0.15) is 0 Å². The predicted molar refractivity (Wildman–Crippen MR) is 81.4 cm³/mol. The SMILES string of the molecule is CCCNC(Cc1nc(CSC(C)C)no1)C(C)C. The molecular weight excluding hydrogens is 258 g/mol. The van der Waals surface area contributed by atoms with Crippen LogP contribution in [0.5, 0.6) is 0 Å². The normalized spacial score (nSPS) is 13.4. The van der Waals surface area contributed by atoms with Gasteiger partial charge in [0.2, 0.25) is 5.89 Å². The Balaban J connectivity index is 2.50. The number of hydrogen-bond acceptors (Lipinski definition) is 5. The lowest BCUT2D eigenvalue weighted by Crippen LogP contribution is -2.36. The van der Waals surface area contributed by atoms with Crippen molar-refractivity contribution in [2.45, 2.75) is 64.5 Å². The molecule has 0 saturated carbocycles. The molecule has 0 saturated heterocycles. The monoisotopic (exact) mass is 285 g/mol. The number of hydrogen-bond donors (Lipinski definition) is 1. The summed E-state index contributed by atoms with van der Waals surface area (Å²) in [6.07, 6.45) is 1.96. The number of nitrogens with one attached hydrogen (secondary N) is 1. The Morgan fingerprint density at radius 2 is 2.00 bits per heavy atom. The Morgan fingerprint density at radius 1 is 1.26 bits per heavy atom. The second-order valence-electron chi connectivity index (χ2n) is 5.47. The predicted octanol–water partition coefficient (Wildman–Crippen LogP) is 3.28. The van der Waals surface area contributed by atoms with Gasteiger partial charge in [-0.15, -0.1) is 0 Å². The molecule has 1 unspecified atom stereocenters. The van der Waals surface area contributed by atoms with E-state index >= 15 is 0 Å². The maximum atomic E-state index is 5.34. The van der Waals surface area contributed by atoms with E-state index in [-0.39, 0.29) is 0 Å². The van der Waals surface area contributed by atoms with Crippen LogP contribution in [0.2, 0.25) is 0 Å². The van der Waals surface area contributed by atoms with Crippen LogP contribution in [-0.4, -0.2) is 28.0 Å². The number of aromatic nitrogens is 2. The quantitative estimate of drug-likeness (QED) is 0.754. The molecule has 0 fully saturated rings. The average Bonchev–Trinajstić information content (AvgIpc) is 2.79. The fraction of sp³-hybridized carbons (Fsp3) is 0.857. The summed E-state index contributed by atoms with van der Waals surface area (Å²) in [5.41, 5.74) is 0. The molecule has 0 aliphatic rings. The maximum Gasteiger partial charge on any atom is 0.228 e. The highest BCUT2D eigenvalue weighted by molar-refractivity contribution is 7.99. The van der Waals surface area contributed by atoms with Gasteiger partial charge in [-0.1, -0.05) is 39.8 Å². The number of thioether (sulfide) groups is 1. The first kappa shape index (κ1) is 16.5. The van der Waals surface area contributed by atoms with Crippen LogP contribution >= 0.6 is 11.8 Å². The molecule has 0 spiro atoms. The molecule has 0 amide bonds. The maximum absolute atomic E-state index is 5.34. The lowest BCUT2D eigenvalue weighted by atomic mass is 10.0. The summed E-state index contributed by atoms with van der Waals surface area (Å²) < 4.78 is 5.34. The topological polar surface area (TPSA) is 51.0 Å². The van der Waals surface area contributed by atoms with Crippen LogP contribution in [0.4, 0.5) is 0 Å². The van der Waals surface area contributed by atoms with Crippen molar-refractivity contribution >= 4 is 11.8 Å². The summed E-state index contributed by atoms with van der Waals surface area (Å²) in [6, 6.07) is 0.408. The van der Waals surface area contributed by atoms with Crippen molar-refractivity contribution in [3.8, 4) is 0 Å². The highest BCUT2D eigenvalue weighted by Gasteiger charge is 2.17. The van der Waals surface area contributed by atoms with Gasteiger partial charge in [0.25, 0.3) is 0 Å². The number of rotatable bonds is 9. The Kier molecular flexibility index (Phi) is 7.46. The van der Waals surface area contributed by atoms with Gasteiger partial charge < -0.3 is 9.84 Å². The van der Waals surface area contributed by atoms with Crippen LogP contribution < -0.4 is 5.32 Å². The molecule has 1 N–H and O–H groups in total. The van der Waals surface area contributed by atoms with E-state index in [0.29, 0.717) is 17.2 Å². The van der Waals surface area contributed by atoms with Crippen LogP contribution in [-0.2, 0) is 12.2 Å². The van der Waals surface area contributed by atoms with Crippen LogP contribution in [0.15, 0.2) is 4.52 Å². The van der Waals surface area contributed by atoms with Crippen molar-refractivity contribution in [2.24, 2.45) is 5.92 Å². The van der Waals surface area contributed by atoms with Crippen LogP contribution in [0.3, 0.4) is 0 Å². The van der Waals surface area contributed by atoms with E-state index in [4.69, 9.17) is 4.52 Å². The summed E-state index contributed by atoms with van der Waals surface area (Å²) in [5, 5.41) is 8.18. The van der Waals surface area contributed by atoms with E-state index in [1.807, 2.05) is 11.8 Å². The second-order valence-corrected chi connectivity index (χ2v) is 7.04. The van der Waals surface area contributed by atoms with Gasteiger partial charge in [-0.2, -0.15) is 16.7 Å². The van der Waals surface area contributed by atoms with Gasteiger partial charge in [-0.05, 0) is 24.1 Å². The fourth-order valence-electron chi connectivity index (χ4n) is 1.73. The first-order chi connectivity index (χ1) is 9.02. The highest BCUT2D eigenvalue weighted by Crippen LogP contribution is 2.16. The lowest BCUT2D eigenvalue weighted by molar-refractivity contribution is 0.325. The van der Waals surface area contributed by atoms with E-state index in [9.17, 15) is 0 Å². The molecule has 110 valence electrons. The zero-order valence-electron chi connectivity index (χ0n) is 12.8.